The van der Waals surface area contributed by atoms with Crippen molar-refractivity contribution in [3.05, 3.63) is 59.7 Å². The van der Waals surface area contributed by atoms with Gasteiger partial charge in [0, 0.05) is 18.6 Å². The van der Waals surface area contributed by atoms with Crippen LogP contribution < -0.4 is 5.32 Å². The predicted octanol–water partition coefficient (Wildman–Crippen LogP) is 1.03. The summed E-state index contributed by atoms with van der Waals surface area (Å²) in [5.74, 6) is -1.18. The fourth-order valence-corrected chi connectivity index (χ4v) is 1.65. The largest absolute Gasteiger partial charge is 0.478 e. The Labute approximate surface area is 115 Å². The van der Waals surface area contributed by atoms with Crippen molar-refractivity contribution in [1.29, 1.82) is 0 Å². The minimum atomic E-state index is -1.02. The van der Waals surface area contributed by atoms with Gasteiger partial charge >= 0.3 is 5.97 Å². The summed E-state index contributed by atoms with van der Waals surface area (Å²) in [6, 6.07) is 6.42. The van der Waals surface area contributed by atoms with Gasteiger partial charge in [0.2, 0.25) is 5.91 Å². The van der Waals surface area contributed by atoms with Crippen LogP contribution in [0.2, 0.25) is 0 Å². The number of aromatic nitrogens is 2. The molecule has 0 saturated carbocycles. The topological polar surface area (TPSA) is 92.2 Å². The molecule has 6 nitrogen and oxygen atoms in total. The van der Waals surface area contributed by atoms with Crippen molar-refractivity contribution >= 4 is 11.9 Å². The number of rotatable bonds is 5. The summed E-state index contributed by atoms with van der Waals surface area (Å²) in [7, 11) is 0. The van der Waals surface area contributed by atoms with E-state index in [1.54, 1.807) is 18.5 Å². The van der Waals surface area contributed by atoms with E-state index in [1.165, 1.54) is 18.3 Å². The molecule has 0 saturated heterocycles. The Kier molecular flexibility index (Phi) is 4.39. The Morgan fingerprint density at radius 3 is 2.80 bits per heavy atom. The summed E-state index contributed by atoms with van der Waals surface area (Å²) >= 11 is 0. The zero-order valence-electron chi connectivity index (χ0n) is 10.6. The quantitative estimate of drug-likeness (QED) is 0.847. The fraction of sp³-hybridized carbons (Fsp3) is 0.143. The first-order valence-corrected chi connectivity index (χ1v) is 5.99. The third-order valence-electron chi connectivity index (χ3n) is 2.62. The van der Waals surface area contributed by atoms with Gasteiger partial charge < -0.3 is 10.4 Å². The first-order valence-electron chi connectivity index (χ1n) is 5.99. The van der Waals surface area contributed by atoms with Crippen LogP contribution in [0.4, 0.5) is 0 Å². The Morgan fingerprint density at radius 2 is 2.10 bits per heavy atom. The number of pyridine rings is 2. The van der Waals surface area contributed by atoms with Crippen LogP contribution in [0.25, 0.3) is 0 Å². The second kappa shape index (κ2) is 6.42. The van der Waals surface area contributed by atoms with Gasteiger partial charge in [0.25, 0.3) is 0 Å². The van der Waals surface area contributed by atoms with Crippen molar-refractivity contribution in [3.63, 3.8) is 0 Å². The SMILES string of the molecule is O=C(Cc1cccnc1)NCc1cc(C(=O)O)ccn1. The molecule has 0 aliphatic rings. The molecular weight excluding hydrogens is 258 g/mol. The number of nitrogens with one attached hydrogen (secondary N) is 1. The molecule has 0 unspecified atom stereocenters. The zero-order valence-corrected chi connectivity index (χ0v) is 10.6. The third kappa shape index (κ3) is 3.88. The molecule has 2 N–H and O–H groups in total. The molecule has 0 aromatic carbocycles. The van der Waals surface area contributed by atoms with E-state index in [4.69, 9.17) is 5.11 Å². The van der Waals surface area contributed by atoms with Crippen molar-refractivity contribution < 1.29 is 14.7 Å². The molecule has 102 valence electrons. The maximum atomic E-state index is 11.7. The van der Waals surface area contributed by atoms with Gasteiger partial charge in [-0.25, -0.2) is 4.79 Å². The molecular formula is C14H13N3O3. The van der Waals surface area contributed by atoms with Gasteiger partial charge in [0.05, 0.1) is 24.2 Å². The van der Waals surface area contributed by atoms with E-state index >= 15 is 0 Å². The number of carboxylic acids is 1. The van der Waals surface area contributed by atoms with Crippen LogP contribution in [-0.2, 0) is 17.8 Å². The number of carboxylic acid groups (broad SMARTS) is 1. The van der Waals surface area contributed by atoms with Crippen LogP contribution in [0.3, 0.4) is 0 Å². The van der Waals surface area contributed by atoms with Crippen LogP contribution in [-0.4, -0.2) is 27.0 Å². The highest BCUT2D eigenvalue weighted by Gasteiger charge is 2.06. The van der Waals surface area contributed by atoms with Gasteiger partial charge in [-0.15, -0.1) is 0 Å². The second-order valence-corrected chi connectivity index (χ2v) is 4.16. The summed E-state index contributed by atoms with van der Waals surface area (Å²) in [5, 5.41) is 11.6. The third-order valence-corrected chi connectivity index (χ3v) is 2.62. The Balaban J connectivity index is 1.90. The fourth-order valence-electron chi connectivity index (χ4n) is 1.65. The lowest BCUT2D eigenvalue weighted by molar-refractivity contribution is -0.120. The molecule has 0 aliphatic heterocycles. The van der Waals surface area contributed by atoms with E-state index in [-0.39, 0.29) is 24.4 Å². The summed E-state index contributed by atoms with van der Waals surface area (Å²) in [5.41, 5.74) is 1.47. The van der Waals surface area contributed by atoms with Gasteiger partial charge in [-0.1, -0.05) is 6.07 Å². The van der Waals surface area contributed by atoms with E-state index in [1.807, 2.05) is 6.07 Å². The van der Waals surface area contributed by atoms with Crippen LogP contribution in [0, 0.1) is 0 Å². The van der Waals surface area contributed by atoms with Crippen molar-refractivity contribution in [3.8, 4) is 0 Å². The van der Waals surface area contributed by atoms with Gasteiger partial charge in [-0.3, -0.25) is 14.8 Å². The van der Waals surface area contributed by atoms with E-state index in [2.05, 4.69) is 15.3 Å². The standard InChI is InChI=1S/C14H13N3O3/c18-13(6-10-2-1-4-15-8-10)17-9-12-7-11(14(19)20)3-5-16-12/h1-5,7-8H,6,9H2,(H,17,18)(H,19,20). The molecule has 0 radical (unpaired) electrons. The Bertz CT molecular complexity index is 614. The Morgan fingerprint density at radius 1 is 1.25 bits per heavy atom. The van der Waals surface area contributed by atoms with Crippen LogP contribution in [0.1, 0.15) is 21.6 Å². The van der Waals surface area contributed by atoms with Crippen molar-refractivity contribution in [2.75, 3.05) is 0 Å². The predicted molar refractivity (Wildman–Crippen MR) is 71.0 cm³/mol. The van der Waals surface area contributed by atoms with Crippen LogP contribution >= 0.6 is 0 Å². The number of hydrogen-bond acceptors (Lipinski definition) is 4. The number of carbonyl (C=O) groups is 2. The maximum absolute atomic E-state index is 11.7. The normalized spacial score (nSPS) is 10.0. The lowest BCUT2D eigenvalue weighted by Crippen LogP contribution is -2.25. The van der Waals surface area contributed by atoms with E-state index < -0.39 is 5.97 Å². The minimum Gasteiger partial charge on any atom is -0.478 e. The minimum absolute atomic E-state index is 0.150. The molecule has 1 amide bonds. The van der Waals surface area contributed by atoms with Gasteiger partial charge in [0.15, 0.2) is 0 Å². The van der Waals surface area contributed by atoms with Crippen LogP contribution in [0.15, 0.2) is 42.9 Å². The van der Waals surface area contributed by atoms with Crippen LogP contribution in [0.5, 0.6) is 0 Å². The molecule has 2 aromatic rings. The molecule has 20 heavy (non-hydrogen) atoms. The number of nitrogens with zero attached hydrogens (tertiary/aromatic N) is 2. The molecule has 0 spiro atoms. The smallest absolute Gasteiger partial charge is 0.335 e. The summed E-state index contributed by atoms with van der Waals surface area (Å²) in [6.07, 6.45) is 4.91. The van der Waals surface area contributed by atoms with Crippen molar-refractivity contribution in [2.24, 2.45) is 0 Å². The van der Waals surface area contributed by atoms with Crippen molar-refractivity contribution in [2.45, 2.75) is 13.0 Å². The Hall–Kier alpha value is -2.76. The lowest BCUT2D eigenvalue weighted by atomic mass is 10.2. The number of hydrogen-bond donors (Lipinski definition) is 2. The van der Waals surface area contributed by atoms with E-state index in [0.29, 0.717) is 5.69 Å². The van der Waals surface area contributed by atoms with Crippen molar-refractivity contribution in [1.82, 2.24) is 15.3 Å². The number of carbonyl (C=O) groups excluding carboxylic acids is 1. The molecule has 0 fully saturated rings. The highest BCUT2D eigenvalue weighted by atomic mass is 16.4. The zero-order chi connectivity index (χ0) is 14.4. The lowest BCUT2D eigenvalue weighted by Gasteiger charge is -2.05. The molecule has 0 aliphatic carbocycles. The molecule has 2 rings (SSSR count). The second-order valence-electron chi connectivity index (χ2n) is 4.16. The number of aromatic carboxylic acids is 1. The highest BCUT2D eigenvalue weighted by molar-refractivity contribution is 5.87. The van der Waals surface area contributed by atoms with Gasteiger partial charge in [0.1, 0.15) is 0 Å². The molecule has 0 bridgehead atoms. The summed E-state index contributed by atoms with van der Waals surface area (Å²) in [6.45, 7) is 0.195. The monoisotopic (exact) mass is 271 g/mol. The molecule has 0 atom stereocenters. The number of amides is 1. The summed E-state index contributed by atoms with van der Waals surface area (Å²) < 4.78 is 0. The first-order chi connectivity index (χ1) is 9.65. The van der Waals surface area contributed by atoms with Gasteiger partial charge in [-0.2, -0.15) is 0 Å². The maximum Gasteiger partial charge on any atom is 0.335 e. The molecule has 2 heterocycles. The van der Waals surface area contributed by atoms with E-state index in [0.717, 1.165) is 5.56 Å². The molecule has 6 heteroatoms. The van der Waals surface area contributed by atoms with E-state index in [9.17, 15) is 9.59 Å². The highest BCUT2D eigenvalue weighted by Crippen LogP contribution is 2.02. The average Bonchev–Trinajstić information content (AvgIpc) is 2.46. The first kappa shape index (κ1) is 13.7. The summed E-state index contributed by atoms with van der Waals surface area (Å²) in [4.78, 5) is 30.5. The average molecular weight is 271 g/mol. The van der Waals surface area contributed by atoms with Gasteiger partial charge in [-0.05, 0) is 23.8 Å². The molecule has 2 aromatic heterocycles.